The van der Waals surface area contributed by atoms with Gasteiger partial charge in [0.05, 0.1) is 26.4 Å². The van der Waals surface area contributed by atoms with Crippen LogP contribution >= 0.6 is 0 Å². The Labute approximate surface area is 229 Å². The smallest absolute Gasteiger partial charge is 0.303 e. The van der Waals surface area contributed by atoms with Gasteiger partial charge in [0.2, 0.25) is 0 Å². The van der Waals surface area contributed by atoms with Gasteiger partial charge in [0, 0.05) is 34.6 Å². The number of carbonyl (C=O) groups excluding carboxylic acids is 5. The van der Waals surface area contributed by atoms with E-state index in [2.05, 4.69) is 0 Å². The minimum Gasteiger partial charge on any atom is -0.463 e. The Morgan fingerprint density at radius 1 is 0.700 bits per heavy atom. The fourth-order valence-corrected chi connectivity index (χ4v) is 4.52. The summed E-state index contributed by atoms with van der Waals surface area (Å²) >= 11 is 0. The van der Waals surface area contributed by atoms with Crippen LogP contribution in [0.5, 0.6) is 0 Å². The Morgan fingerprint density at radius 3 is 1.75 bits per heavy atom. The highest BCUT2D eigenvalue weighted by Crippen LogP contribution is 2.36. The molecule has 3 N–H and O–H groups in total. The zero-order valence-electron chi connectivity index (χ0n) is 22.8. The van der Waals surface area contributed by atoms with Gasteiger partial charge in [-0.25, -0.2) is 0 Å². The fourth-order valence-electron chi connectivity index (χ4n) is 4.52. The number of hydrogen-bond acceptors (Lipinski definition) is 16. The number of carbonyl (C=O) groups is 5. The molecule has 0 bridgehead atoms. The van der Waals surface area contributed by atoms with Crippen molar-refractivity contribution in [2.45, 2.75) is 89.1 Å². The summed E-state index contributed by atoms with van der Waals surface area (Å²) < 4.78 is 43.2. The zero-order chi connectivity index (χ0) is 30.2. The summed E-state index contributed by atoms with van der Waals surface area (Å²) in [4.78, 5) is 58.4. The van der Waals surface area contributed by atoms with Gasteiger partial charge in [-0.1, -0.05) is 0 Å². The molecule has 40 heavy (non-hydrogen) atoms. The fraction of sp³-hybridized carbons (Fsp3) is 0.792. The first-order valence-electron chi connectivity index (χ1n) is 12.4. The van der Waals surface area contributed by atoms with Gasteiger partial charge < -0.3 is 53.2 Å². The summed E-state index contributed by atoms with van der Waals surface area (Å²) in [6.07, 6.45) is -10.6. The monoisotopic (exact) mass is 580 g/mol. The third kappa shape index (κ3) is 8.55. The average Bonchev–Trinajstić information content (AvgIpc) is 3.13. The van der Waals surface area contributed by atoms with Gasteiger partial charge in [-0.3, -0.25) is 24.0 Å². The Bertz CT molecular complexity index is 923. The standard InChI is InChI=1S/C24H36O16/c1-11(27)34-8-17-19(32)22(37-14(4)30)20(35-12(2)28)18(39-17)7-33-10-24(9-26)23(38-15(5)31)21(36-13(3)29)16(6-25)40-24/h16-23,25-26,32H,6-10H2,1-5H3. The molecule has 0 aromatic rings. The van der Waals surface area contributed by atoms with E-state index in [1.54, 1.807) is 0 Å². The molecule has 228 valence electrons. The lowest BCUT2D eigenvalue weighted by molar-refractivity contribution is -0.257. The van der Waals surface area contributed by atoms with Crippen molar-refractivity contribution in [1.29, 1.82) is 0 Å². The molecule has 2 saturated heterocycles. The van der Waals surface area contributed by atoms with Crippen LogP contribution in [-0.2, 0) is 61.9 Å². The molecule has 0 aromatic heterocycles. The summed E-state index contributed by atoms with van der Waals surface area (Å²) in [6, 6.07) is 0. The highest BCUT2D eigenvalue weighted by atomic mass is 16.7. The lowest BCUT2D eigenvalue weighted by atomic mass is 9.94. The molecule has 2 aliphatic rings. The molecule has 2 heterocycles. The van der Waals surface area contributed by atoms with E-state index in [-0.39, 0.29) is 0 Å². The molecule has 0 aromatic carbocycles. The van der Waals surface area contributed by atoms with E-state index in [1.165, 1.54) is 0 Å². The molecular formula is C24H36O16. The predicted octanol–water partition coefficient (Wildman–Crippen LogP) is -2.46. The van der Waals surface area contributed by atoms with Gasteiger partial charge >= 0.3 is 29.8 Å². The Morgan fingerprint density at radius 2 is 1.25 bits per heavy atom. The normalized spacial score (nSPS) is 33.5. The van der Waals surface area contributed by atoms with Crippen molar-refractivity contribution in [1.82, 2.24) is 0 Å². The highest BCUT2D eigenvalue weighted by Gasteiger charge is 2.59. The second-order valence-electron chi connectivity index (χ2n) is 9.34. The zero-order valence-corrected chi connectivity index (χ0v) is 22.8. The lowest BCUT2D eigenvalue weighted by Gasteiger charge is -2.43. The molecule has 2 fully saturated rings. The summed E-state index contributed by atoms with van der Waals surface area (Å²) in [7, 11) is 0. The third-order valence-corrected chi connectivity index (χ3v) is 6.05. The molecule has 0 spiro atoms. The van der Waals surface area contributed by atoms with Crippen molar-refractivity contribution in [2.24, 2.45) is 0 Å². The van der Waals surface area contributed by atoms with Gasteiger partial charge in [-0.2, -0.15) is 0 Å². The second kappa shape index (κ2) is 14.7. The molecule has 0 aliphatic carbocycles. The van der Waals surface area contributed by atoms with Crippen molar-refractivity contribution < 1.29 is 77.2 Å². The maximum atomic E-state index is 11.8. The molecule has 2 rings (SSSR count). The van der Waals surface area contributed by atoms with E-state index in [4.69, 9.17) is 37.9 Å². The summed E-state index contributed by atoms with van der Waals surface area (Å²) in [5.41, 5.74) is -1.81. The van der Waals surface area contributed by atoms with E-state index in [1.807, 2.05) is 0 Å². The first-order valence-corrected chi connectivity index (χ1v) is 12.4. The van der Waals surface area contributed by atoms with Gasteiger partial charge in [0.1, 0.15) is 31.0 Å². The van der Waals surface area contributed by atoms with Crippen molar-refractivity contribution in [3.8, 4) is 0 Å². The Balaban J connectivity index is 2.31. The van der Waals surface area contributed by atoms with Crippen LogP contribution in [0.3, 0.4) is 0 Å². The van der Waals surface area contributed by atoms with E-state index >= 15 is 0 Å². The average molecular weight is 581 g/mol. The maximum Gasteiger partial charge on any atom is 0.303 e. The lowest BCUT2D eigenvalue weighted by Crippen LogP contribution is -2.62. The van der Waals surface area contributed by atoms with E-state index in [0.717, 1.165) is 34.6 Å². The minimum absolute atomic E-state index is 0.432. The summed E-state index contributed by atoms with van der Waals surface area (Å²) in [6.45, 7) is 2.65. The summed E-state index contributed by atoms with van der Waals surface area (Å²) in [5.74, 6) is -3.82. The number of esters is 5. The van der Waals surface area contributed by atoms with E-state index in [9.17, 15) is 39.3 Å². The predicted molar refractivity (Wildman–Crippen MR) is 126 cm³/mol. The number of aliphatic hydroxyl groups excluding tert-OH is 3. The molecule has 9 unspecified atom stereocenters. The van der Waals surface area contributed by atoms with Crippen LogP contribution in [0, 0.1) is 0 Å². The minimum atomic E-state index is -1.81. The first kappa shape index (κ1) is 33.3. The maximum absolute atomic E-state index is 11.8. The van der Waals surface area contributed by atoms with Gasteiger partial charge in [-0.15, -0.1) is 0 Å². The largest absolute Gasteiger partial charge is 0.463 e. The number of aliphatic hydroxyl groups is 3. The molecule has 0 radical (unpaired) electrons. The Hall–Kier alpha value is -2.89. The van der Waals surface area contributed by atoms with E-state index in [0.29, 0.717) is 0 Å². The van der Waals surface area contributed by atoms with Gasteiger partial charge in [0.25, 0.3) is 0 Å². The third-order valence-electron chi connectivity index (χ3n) is 6.05. The molecule has 2 aliphatic heterocycles. The molecule has 0 saturated carbocycles. The van der Waals surface area contributed by atoms with Crippen molar-refractivity contribution in [2.75, 3.05) is 33.0 Å². The van der Waals surface area contributed by atoms with E-state index < -0.39 is 117 Å². The van der Waals surface area contributed by atoms with Crippen LogP contribution in [0.15, 0.2) is 0 Å². The summed E-state index contributed by atoms with van der Waals surface area (Å²) in [5, 5.41) is 30.8. The van der Waals surface area contributed by atoms with Crippen molar-refractivity contribution in [3.05, 3.63) is 0 Å². The molecule has 16 heteroatoms. The van der Waals surface area contributed by atoms with Crippen LogP contribution in [0.1, 0.15) is 34.6 Å². The molecule has 16 nitrogen and oxygen atoms in total. The van der Waals surface area contributed by atoms with Gasteiger partial charge in [0.15, 0.2) is 30.0 Å². The van der Waals surface area contributed by atoms with Crippen LogP contribution in [0.25, 0.3) is 0 Å². The topological polar surface area (TPSA) is 220 Å². The quantitative estimate of drug-likeness (QED) is 0.161. The highest BCUT2D eigenvalue weighted by molar-refractivity contribution is 5.68. The van der Waals surface area contributed by atoms with Gasteiger partial charge in [-0.05, 0) is 0 Å². The van der Waals surface area contributed by atoms with Crippen LogP contribution in [0.2, 0.25) is 0 Å². The molecular weight excluding hydrogens is 544 g/mol. The number of rotatable bonds is 12. The van der Waals surface area contributed by atoms with Crippen molar-refractivity contribution in [3.63, 3.8) is 0 Å². The van der Waals surface area contributed by atoms with Crippen LogP contribution in [0.4, 0.5) is 0 Å². The first-order chi connectivity index (χ1) is 18.7. The molecule has 9 atom stereocenters. The van der Waals surface area contributed by atoms with Crippen LogP contribution in [-0.4, -0.2) is 133 Å². The SMILES string of the molecule is CC(=O)OCC1OC(COCC2(CO)OC(CO)C(OC(C)=O)C2OC(C)=O)C(OC(C)=O)C(OC(C)=O)C1O. The molecule has 0 amide bonds. The number of ether oxygens (including phenoxy) is 8. The Kier molecular flexibility index (Phi) is 12.2. The second-order valence-corrected chi connectivity index (χ2v) is 9.34. The van der Waals surface area contributed by atoms with Crippen LogP contribution < -0.4 is 0 Å². The van der Waals surface area contributed by atoms with Crippen molar-refractivity contribution >= 4 is 29.8 Å². The number of hydrogen-bond donors (Lipinski definition) is 3.